The van der Waals surface area contributed by atoms with Crippen molar-refractivity contribution in [3.8, 4) is 22.6 Å². The van der Waals surface area contributed by atoms with Gasteiger partial charge in [-0.15, -0.1) is 0 Å². The van der Waals surface area contributed by atoms with Crippen molar-refractivity contribution >= 4 is 16.9 Å². The number of hydrogen-bond acceptors (Lipinski definition) is 6. The molecule has 1 aromatic heterocycles. The van der Waals surface area contributed by atoms with Gasteiger partial charge in [0, 0.05) is 6.07 Å². The molecule has 0 aliphatic heterocycles. The number of fused-ring (bicyclic) bond motifs is 1. The summed E-state index contributed by atoms with van der Waals surface area (Å²) < 4.78 is 22.3. The second-order valence-electron chi connectivity index (χ2n) is 7.96. The maximum atomic E-state index is 13.4. The molecule has 0 aliphatic rings. The summed E-state index contributed by atoms with van der Waals surface area (Å²) in [6.07, 6.45) is 0. The second kappa shape index (κ2) is 9.83. The molecule has 0 fully saturated rings. The number of aryl methyl sites for hydroxylation is 2. The average molecular weight is 459 g/mol. The van der Waals surface area contributed by atoms with Gasteiger partial charge in [-0.25, -0.2) is 4.79 Å². The highest BCUT2D eigenvalue weighted by molar-refractivity contribution is 5.97. The second-order valence-corrected chi connectivity index (χ2v) is 7.96. The number of carbonyl (C=O) groups is 1. The fourth-order valence-electron chi connectivity index (χ4n) is 3.74. The minimum Gasteiger partial charge on any atom is -0.497 e. The van der Waals surface area contributed by atoms with E-state index >= 15 is 0 Å². The monoisotopic (exact) mass is 458 g/mol. The highest BCUT2D eigenvalue weighted by Gasteiger charge is 2.23. The summed E-state index contributed by atoms with van der Waals surface area (Å²) in [6, 6.07) is 18.1. The Morgan fingerprint density at radius 1 is 0.941 bits per heavy atom. The molecule has 0 saturated heterocycles. The minimum atomic E-state index is -0.700. The van der Waals surface area contributed by atoms with Gasteiger partial charge in [-0.05, 0) is 61.7 Å². The molecule has 0 saturated carbocycles. The van der Waals surface area contributed by atoms with Gasteiger partial charge in [-0.2, -0.15) is 0 Å². The first-order valence-electron chi connectivity index (χ1n) is 11.0. The van der Waals surface area contributed by atoms with Crippen molar-refractivity contribution < 1.29 is 23.4 Å². The molecule has 0 radical (unpaired) electrons. The summed E-state index contributed by atoms with van der Waals surface area (Å²) in [5, 5.41) is 0.345. The molecule has 0 aliphatic carbocycles. The standard InChI is InChI=1S/C28H26O6/c1-5-32-28(30)27-25(19-8-10-21(31-4)11-9-19)26(29)23-13-12-22(15-24(23)34-27)33-16-20-14-17(2)6-7-18(20)3/h6-15H,5,16H2,1-4H3. The molecule has 0 amide bonds. The van der Waals surface area contributed by atoms with Crippen LogP contribution in [-0.4, -0.2) is 19.7 Å². The summed E-state index contributed by atoms with van der Waals surface area (Å²) >= 11 is 0. The third kappa shape index (κ3) is 4.66. The van der Waals surface area contributed by atoms with Gasteiger partial charge in [0.1, 0.15) is 23.7 Å². The van der Waals surface area contributed by atoms with E-state index in [1.54, 1.807) is 56.5 Å². The molecule has 0 bridgehead atoms. The first-order valence-corrected chi connectivity index (χ1v) is 11.0. The van der Waals surface area contributed by atoms with E-state index < -0.39 is 5.97 Å². The Labute approximate surface area is 197 Å². The van der Waals surface area contributed by atoms with Crippen LogP contribution in [-0.2, 0) is 11.3 Å². The Bertz CT molecular complexity index is 1400. The van der Waals surface area contributed by atoms with Crippen LogP contribution in [0.3, 0.4) is 0 Å². The van der Waals surface area contributed by atoms with Crippen LogP contribution in [0.25, 0.3) is 22.1 Å². The zero-order valence-electron chi connectivity index (χ0n) is 19.6. The van der Waals surface area contributed by atoms with E-state index in [0.29, 0.717) is 29.1 Å². The third-order valence-electron chi connectivity index (χ3n) is 5.60. The minimum absolute atomic E-state index is 0.142. The van der Waals surface area contributed by atoms with E-state index in [0.717, 1.165) is 16.7 Å². The summed E-state index contributed by atoms with van der Waals surface area (Å²) in [4.78, 5) is 26.2. The lowest BCUT2D eigenvalue weighted by Gasteiger charge is -2.12. The summed E-state index contributed by atoms with van der Waals surface area (Å²) in [5.74, 6) is 0.325. The van der Waals surface area contributed by atoms with Crippen LogP contribution >= 0.6 is 0 Å². The summed E-state index contributed by atoms with van der Waals surface area (Å²) in [7, 11) is 1.56. The van der Waals surface area contributed by atoms with Crippen molar-refractivity contribution in [2.45, 2.75) is 27.4 Å². The Kier molecular flexibility index (Phi) is 6.68. The fraction of sp³-hybridized carbons (Fsp3) is 0.214. The lowest BCUT2D eigenvalue weighted by Crippen LogP contribution is -2.15. The molecular formula is C28H26O6. The highest BCUT2D eigenvalue weighted by Crippen LogP contribution is 2.29. The van der Waals surface area contributed by atoms with Gasteiger partial charge in [0.25, 0.3) is 0 Å². The normalized spacial score (nSPS) is 10.8. The first kappa shape index (κ1) is 23.1. The van der Waals surface area contributed by atoms with Gasteiger partial charge in [-0.1, -0.05) is 35.9 Å². The molecule has 0 spiro atoms. The number of hydrogen-bond donors (Lipinski definition) is 0. The van der Waals surface area contributed by atoms with Gasteiger partial charge in [0.05, 0.1) is 24.7 Å². The molecule has 4 aromatic rings. The zero-order valence-corrected chi connectivity index (χ0v) is 19.6. The predicted molar refractivity (Wildman–Crippen MR) is 131 cm³/mol. The molecule has 0 N–H and O–H groups in total. The topological polar surface area (TPSA) is 75.0 Å². The molecule has 0 atom stereocenters. The number of methoxy groups -OCH3 is 1. The van der Waals surface area contributed by atoms with Crippen LogP contribution in [0, 0.1) is 13.8 Å². The predicted octanol–water partition coefficient (Wildman–Crippen LogP) is 5.84. The van der Waals surface area contributed by atoms with E-state index in [2.05, 4.69) is 18.2 Å². The summed E-state index contributed by atoms with van der Waals surface area (Å²) in [6.45, 7) is 6.29. The van der Waals surface area contributed by atoms with E-state index in [-0.39, 0.29) is 28.9 Å². The molecule has 6 heteroatoms. The quantitative estimate of drug-likeness (QED) is 0.324. The molecule has 6 nitrogen and oxygen atoms in total. The molecule has 3 aromatic carbocycles. The number of benzene rings is 3. The smallest absolute Gasteiger partial charge is 0.375 e. The fourth-order valence-corrected chi connectivity index (χ4v) is 3.74. The van der Waals surface area contributed by atoms with Crippen LogP contribution in [0.4, 0.5) is 0 Å². The van der Waals surface area contributed by atoms with Crippen molar-refractivity contribution in [3.63, 3.8) is 0 Å². The number of carbonyl (C=O) groups excluding carboxylic acids is 1. The van der Waals surface area contributed by atoms with Gasteiger partial charge >= 0.3 is 5.97 Å². The van der Waals surface area contributed by atoms with E-state index in [9.17, 15) is 9.59 Å². The lowest BCUT2D eigenvalue weighted by atomic mass is 10.0. The van der Waals surface area contributed by atoms with Crippen molar-refractivity contribution in [1.29, 1.82) is 0 Å². The Morgan fingerprint density at radius 3 is 2.38 bits per heavy atom. The molecule has 1 heterocycles. The largest absolute Gasteiger partial charge is 0.497 e. The number of rotatable bonds is 7. The third-order valence-corrected chi connectivity index (χ3v) is 5.60. The molecule has 174 valence electrons. The molecule has 34 heavy (non-hydrogen) atoms. The maximum absolute atomic E-state index is 13.4. The maximum Gasteiger partial charge on any atom is 0.375 e. The molecule has 0 unspecified atom stereocenters. The Hall–Kier alpha value is -4.06. The zero-order chi connectivity index (χ0) is 24.2. The van der Waals surface area contributed by atoms with Crippen molar-refractivity contribution in [1.82, 2.24) is 0 Å². The van der Waals surface area contributed by atoms with Crippen molar-refractivity contribution in [3.05, 3.63) is 93.3 Å². The van der Waals surface area contributed by atoms with E-state index in [1.807, 2.05) is 13.8 Å². The number of esters is 1. The number of ether oxygens (including phenoxy) is 3. The van der Waals surface area contributed by atoms with Crippen LogP contribution in [0.5, 0.6) is 11.5 Å². The van der Waals surface area contributed by atoms with Crippen LogP contribution < -0.4 is 14.9 Å². The van der Waals surface area contributed by atoms with Gasteiger partial charge < -0.3 is 18.6 Å². The molecule has 4 rings (SSSR count). The van der Waals surface area contributed by atoms with E-state index in [4.69, 9.17) is 18.6 Å². The van der Waals surface area contributed by atoms with Crippen LogP contribution in [0.15, 0.2) is 69.9 Å². The summed E-state index contributed by atoms with van der Waals surface area (Å²) in [5.41, 5.74) is 3.97. The van der Waals surface area contributed by atoms with Crippen molar-refractivity contribution in [2.24, 2.45) is 0 Å². The average Bonchev–Trinajstić information content (AvgIpc) is 2.84. The highest BCUT2D eigenvalue weighted by atomic mass is 16.5. The SMILES string of the molecule is CCOC(=O)c1oc2cc(OCc3cc(C)ccc3C)ccc2c(=O)c1-c1ccc(OC)cc1. The van der Waals surface area contributed by atoms with Gasteiger partial charge in [-0.3, -0.25) is 4.79 Å². The Balaban J connectivity index is 1.77. The Morgan fingerprint density at radius 2 is 1.68 bits per heavy atom. The van der Waals surface area contributed by atoms with Crippen molar-refractivity contribution in [2.75, 3.05) is 13.7 Å². The van der Waals surface area contributed by atoms with E-state index in [1.165, 1.54) is 0 Å². The molecular weight excluding hydrogens is 432 g/mol. The van der Waals surface area contributed by atoms with Gasteiger partial charge in [0.2, 0.25) is 11.2 Å². The van der Waals surface area contributed by atoms with Crippen LogP contribution in [0.2, 0.25) is 0 Å². The van der Waals surface area contributed by atoms with Gasteiger partial charge in [0.15, 0.2) is 0 Å². The van der Waals surface area contributed by atoms with Crippen LogP contribution in [0.1, 0.15) is 34.2 Å². The lowest BCUT2D eigenvalue weighted by molar-refractivity contribution is 0.0492. The first-order chi connectivity index (χ1) is 16.4.